The van der Waals surface area contributed by atoms with Gasteiger partial charge in [-0.3, -0.25) is 14.6 Å². The first-order chi connectivity index (χ1) is 11.2. The summed E-state index contributed by atoms with van der Waals surface area (Å²) in [5.41, 5.74) is 2.77. The van der Waals surface area contributed by atoms with Crippen LogP contribution in [0, 0.1) is 0 Å². The molecule has 1 N–H and O–H groups in total. The summed E-state index contributed by atoms with van der Waals surface area (Å²) < 4.78 is 0. The van der Waals surface area contributed by atoms with Crippen LogP contribution < -0.4 is 10.2 Å². The minimum atomic E-state index is -0.180. The number of nitrogens with zero attached hydrogens (tertiary/aromatic N) is 2. The summed E-state index contributed by atoms with van der Waals surface area (Å²) in [5.74, 6) is -0.177. The molecule has 0 saturated carbocycles. The van der Waals surface area contributed by atoms with Crippen LogP contribution in [0.5, 0.6) is 0 Å². The number of aromatic nitrogens is 1. The number of para-hydroxylation sites is 1. The SMILES string of the molecule is O=C(CN1C(=O)CCCc2ccccc21)NCc1ccccn1. The number of hydrogen-bond acceptors (Lipinski definition) is 3. The van der Waals surface area contributed by atoms with E-state index in [4.69, 9.17) is 0 Å². The average Bonchev–Trinajstić information content (AvgIpc) is 2.74. The zero-order valence-corrected chi connectivity index (χ0v) is 12.9. The van der Waals surface area contributed by atoms with Gasteiger partial charge in [-0.15, -0.1) is 0 Å². The maximum Gasteiger partial charge on any atom is 0.240 e. The highest BCUT2D eigenvalue weighted by Crippen LogP contribution is 2.26. The summed E-state index contributed by atoms with van der Waals surface area (Å²) in [4.78, 5) is 30.3. The fraction of sp³-hybridized carbons (Fsp3) is 0.278. The number of amides is 2. The van der Waals surface area contributed by atoms with E-state index in [1.165, 1.54) is 0 Å². The molecule has 3 rings (SSSR count). The quantitative estimate of drug-likeness (QED) is 0.940. The van der Waals surface area contributed by atoms with Crippen molar-refractivity contribution in [1.29, 1.82) is 0 Å². The summed E-state index contributed by atoms with van der Waals surface area (Å²) >= 11 is 0. The first-order valence-corrected chi connectivity index (χ1v) is 7.79. The summed E-state index contributed by atoms with van der Waals surface area (Å²) in [7, 11) is 0. The average molecular weight is 309 g/mol. The van der Waals surface area contributed by atoms with Gasteiger partial charge in [-0.25, -0.2) is 0 Å². The molecule has 0 bridgehead atoms. The van der Waals surface area contributed by atoms with E-state index in [1.807, 2.05) is 42.5 Å². The van der Waals surface area contributed by atoms with Crippen LogP contribution in [0.15, 0.2) is 48.7 Å². The number of carbonyl (C=O) groups is 2. The number of fused-ring (bicyclic) bond motifs is 1. The third kappa shape index (κ3) is 3.74. The van der Waals surface area contributed by atoms with Gasteiger partial charge in [-0.2, -0.15) is 0 Å². The third-order valence-electron chi connectivity index (χ3n) is 3.91. The van der Waals surface area contributed by atoms with Crippen LogP contribution in [-0.2, 0) is 22.6 Å². The van der Waals surface area contributed by atoms with Crippen LogP contribution in [-0.4, -0.2) is 23.3 Å². The van der Waals surface area contributed by atoms with E-state index >= 15 is 0 Å². The van der Waals surface area contributed by atoms with E-state index in [-0.39, 0.29) is 18.4 Å². The van der Waals surface area contributed by atoms with Crippen LogP contribution in [0.25, 0.3) is 0 Å². The monoisotopic (exact) mass is 309 g/mol. The second-order valence-corrected chi connectivity index (χ2v) is 5.56. The lowest BCUT2D eigenvalue weighted by atomic mass is 10.1. The van der Waals surface area contributed by atoms with Crippen molar-refractivity contribution in [2.24, 2.45) is 0 Å². The van der Waals surface area contributed by atoms with Crippen molar-refractivity contribution in [2.75, 3.05) is 11.4 Å². The maximum absolute atomic E-state index is 12.3. The molecule has 0 saturated heterocycles. The molecule has 2 aromatic rings. The van der Waals surface area contributed by atoms with E-state index in [0.717, 1.165) is 29.8 Å². The van der Waals surface area contributed by atoms with E-state index in [9.17, 15) is 9.59 Å². The molecule has 5 nitrogen and oxygen atoms in total. The van der Waals surface area contributed by atoms with Crippen molar-refractivity contribution in [3.05, 3.63) is 59.9 Å². The molecule has 0 atom stereocenters. The van der Waals surface area contributed by atoms with Crippen molar-refractivity contribution >= 4 is 17.5 Å². The highest BCUT2D eigenvalue weighted by molar-refractivity contribution is 5.99. The van der Waals surface area contributed by atoms with Crippen molar-refractivity contribution in [3.8, 4) is 0 Å². The smallest absolute Gasteiger partial charge is 0.240 e. The molecule has 2 amide bonds. The predicted octanol–water partition coefficient (Wildman–Crippen LogP) is 2.07. The van der Waals surface area contributed by atoms with Crippen LogP contribution in [0.3, 0.4) is 0 Å². The number of hydrogen-bond donors (Lipinski definition) is 1. The number of nitrogens with one attached hydrogen (secondary N) is 1. The number of benzene rings is 1. The summed E-state index contributed by atoms with van der Waals surface area (Å²) in [6.45, 7) is 0.409. The lowest BCUT2D eigenvalue weighted by molar-refractivity contribution is -0.123. The Bertz CT molecular complexity index is 700. The molecule has 23 heavy (non-hydrogen) atoms. The molecule has 0 radical (unpaired) electrons. The Kier molecular flexibility index (Phi) is 4.66. The number of anilines is 1. The Morgan fingerprint density at radius 1 is 1.13 bits per heavy atom. The fourth-order valence-electron chi connectivity index (χ4n) is 2.75. The molecule has 1 aliphatic heterocycles. The van der Waals surface area contributed by atoms with Gasteiger partial charge >= 0.3 is 0 Å². The lowest BCUT2D eigenvalue weighted by Gasteiger charge is -2.22. The van der Waals surface area contributed by atoms with Crippen molar-refractivity contribution in [2.45, 2.75) is 25.8 Å². The largest absolute Gasteiger partial charge is 0.349 e. The molecule has 118 valence electrons. The van der Waals surface area contributed by atoms with Crippen LogP contribution in [0.1, 0.15) is 24.1 Å². The van der Waals surface area contributed by atoms with E-state index < -0.39 is 0 Å². The molecule has 1 aliphatic rings. The van der Waals surface area contributed by atoms with Gasteiger partial charge in [0, 0.05) is 18.3 Å². The van der Waals surface area contributed by atoms with Crippen molar-refractivity contribution in [1.82, 2.24) is 10.3 Å². The lowest BCUT2D eigenvalue weighted by Crippen LogP contribution is -2.40. The molecular formula is C18H19N3O2. The Hall–Kier alpha value is -2.69. The standard InChI is InChI=1S/C18H19N3O2/c22-17(20-12-15-8-3-4-11-19-15)13-21-16-9-2-1-6-14(16)7-5-10-18(21)23/h1-4,6,8-9,11H,5,7,10,12-13H2,(H,20,22). The van der Waals surface area contributed by atoms with E-state index in [2.05, 4.69) is 10.3 Å². The minimum absolute atomic E-state index is 0.00272. The zero-order valence-electron chi connectivity index (χ0n) is 12.9. The van der Waals surface area contributed by atoms with Crippen molar-refractivity contribution in [3.63, 3.8) is 0 Å². The van der Waals surface area contributed by atoms with Crippen LogP contribution >= 0.6 is 0 Å². The van der Waals surface area contributed by atoms with Crippen LogP contribution in [0.2, 0.25) is 0 Å². The molecule has 2 heterocycles. The Morgan fingerprint density at radius 3 is 2.78 bits per heavy atom. The predicted molar refractivity (Wildman–Crippen MR) is 87.8 cm³/mol. The molecule has 0 spiro atoms. The first kappa shape index (κ1) is 15.2. The minimum Gasteiger partial charge on any atom is -0.349 e. The molecule has 1 aromatic heterocycles. The van der Waals surface area contributed by atoms with Gasteiger partial charge in [0.2, 0.25) is 11.8 Å². The molecule has 5 heteroatoms. The molecule has 0 unspecified atom stereocenters. The second kappa shape index (κ2) is 7.05. The Labute approximate surface area is 135 Å². The van der Waals surface area contributed by atoms with E-state index in [0.29, 0.717) is 13.0 Å². The molecular weight excluding hydrogens is 290 g/mol. The topological polar surface area (TPSA) is 62.3 Å². The Morgan fingerprint density at radius 2 is 1.96 bits per heavy atom. The molecule has 1 aromatic carbocycles. The summed E-state index contributed by atoms with van der Waals surface area (Å²) in [6.07, 6.45) is 3.86. The summed E-state index contributed by atoms with van der Waals surface area (Å²) in [5, 5.41) is 2.82. The maximum atomic E-state index is 12.3. The zero-order chi connectivity index (χ0) is 16.1. The second-order valence-electron chi connectivity index (χ2n) is 5.56. The highest BCUT2D eigenvalue weighted by Gasteiger charge is 2.23. The van der Waals surface area contributed by atoms with Gasteiger partial charge < -0.3 is 10.2 Å². The molecule has 0 aliphatic carbocycles. The van der Waals surface area contributed by atoms with Gasteiger partial charge in [-0.05, 0) is 36.6 Å². The first-order valence-electron chi connectivity index (χ1n) is 7.79. The number of rotatable bonds is 4. The van der Waals surface area contributed by atoms with Crippen LogP contribution in [0.4, 0.5) is 5.69 Å². The normalized spacial score (nSPS) is 14.1. The van der Waals surface area contributed by atoms with Gasteiger partial charge in [0.15, 0.2) is 0 Å². The van der Waals surface area contributed by atoms with Gasteiger partial charge in [0.05, 0.1) is 12.2 Å². The Balaban J connectivity index is 1.68. The number of pyridine rings is 1. The van der Waals surface area contributed by atoms with E-state index in [1.54, 1.807) is 11.1 Å². The van der Waals surface area contributed by atoms with Gasteiger partial charge in [0.25, 0.3) is 0 Å². The highest BCUT2D eigenvalue weighted by atomic mass is 16.2. The number of aryl methyl sites for hydroxylation is 1. The third-order valence-corrected chi connectivity index (χ3v) is 3.91. The van der Waals surface area contributed by atoms with Gasteiger partial charge in [-0.1, -0.05) is 24.3 Å². The number of carbonyl (C=O) groups excluding carboxylic acids is 2. The van der Waals surface area contributed by atoms with Gasteiger partial charge in [0.1, 0.15) is 6.54 Å². The molecule has 0 fully saturated rings. The fourth-order valence-corrected chi connectivity index (χ4v) is 2.75. The summed E-state index contributed by atoms with van der Waals surface area (Å²) in [6, 6.07) is 13.4. The van der Waals surface area contributed by atoms with Crippen molar-refractivity contribution < 1.29 is 9.59 Å².